The molecular formula is C16H14FN3O. The normalized spacial score (nSPS) is 12.5. The van der Waals surface area contributed by atoms with Gasteiger partial charge in [-0.15, -0.1) is 0 Å². The number of aromatic nitrogens is 3. The Morgan fingerprint density at radius 1 is 1.24 bits per heavy atom. The summed E-state index contributed by atoms with van der Waals surface area (Å²) in [5, 5.41) is 0.535. The molecule has 0 N–H and O–H groups in total. The summed E-state index contributed by atoms with van der Waals surface area (Å²) in [6, 6.07) is 7.71. The fourth-order valence-corrected chi connectivity index (χ4v) is 2.49. The third-order valence-electron chi connectivity index (χ3n) is 3.56. The van der Waals surface area contributed by atoms with Gasteiger partial charge in [0.15, 0.2) is 0 Å². The van der Waals surface area contributed by atoms with Crippen molar-refractivity contribution in [2.24, 2.45) is 0 Å². The van der Waals surface area contributed by atoms with E-state index in [1.54, 1.807) is 35.2 Å². The predicted octanol–water partition coefficient (Wildman–Crippen LogP) is 2.93. The van der Waals surface area contributed by atoms with Crippen LogP contribution in [0.2, 0.25) is 0 Å². The molecule has 4 nitrogen and oxygen atoms in total. The Kier molecular flexibility index (Phi) is 3.48. The molecule has 0 aliphatic carbocycles. The summed E-state index contributed by atoms with van der Waals surface area (Å²) in [6.07, 6.45) is 5.39. The summed E-state index contributed by atoms with van der Waals surface area (Å²) < 4.78 is 14.6. The first-order chi connectivity index (χ1) is 10.2. The minimum absolute atomic E-state index is 0.112. The van der Waals surface area contributed by atoms with E-state index in [-0.39, 0.29) is 17.4 Å². The van der Waals surface area contributed by atoms with E-state index in [1.807, 2.05) is 6.92 Å². The predicted molar refractivity (Wildman–Crippen MR) is 78.6 cm³/mol. The Labute approximate surface area is 120 Å². The quantitative estimate of drug-likeness (QED) is 0.742. The third kappa shape index (κ3) is 2.42. The molecule has 0 bridgehead atoms. The van der Waals surface area contributed by atoms with Crippen LogP contribution in [-0.2, 0) is 0 Å². The molecule has 0 fully saturated rings. The van der Waals surface area contributed by atoms with Crippen LogP contribution in [0.3, 0.4) is 0 Å². The van der Waals surface area contributed by atoms with Crippen molar-refractivity contribution < 1.29 is 4.39 Å². The number of hydrogen-bond donors (Lipinski definition) is 0. The highest BCUT2D eigenvalue weighted by molar-refractivity contribution is 5.75. The smallest absolute Gasteiger partial charge is 0.261 e. The maximum atomic E-state index is 13.1. The number of pyridine rings is 1. The van der Waals surface area contributed by atoms with Crippen LogP contribution in [0.4, 0.5) is 4.39 Å². The van der Waals surface area contributed by atoms with Gasteiger partial charge in [-0.3, -0.25) is 14.3 Å². The lowest BCUT2D eigenvalue weighted by atomic mass is 10.0. The molecule has 0 aliphatic heterocycles. The van der Waals surface area contributed by atoms with Gasteiger partial charge in [-0.25, -0.2) is 9.37 Å². The average Bonchev–Trinajstić information content (AvgIpc) is 2.52. The van der Waals surface area contributed by atoms with E-state index in [1.165, 1.54) is 18.5 Å². The topological polar surface area (TPSA) is 47.8 Å². The second-order valence-corrected chi connectivity index (χ2v) is 4.83. The zero-order chi connectivity index (χ0) is 14.8. The van der Waals surface area contributed by atoms with E-state index < -0.39 is 0 Å². The van der Waals surface area contributed by atoms with Crippen LogP contribution in [0, 0.1) is 5.82 Å². The first-order valence-corrected chi connectivity index (χ1v) is 6.77. The second-order valence-electron chi connectivity index (χ2n) is 4.83. The van der Waals surface area contributed by atoms with Crippen LogP contribution >= 0.6 is 0 Å². The zero-order valence-electron chi connectivity index (χ0n) is 11.5. The van der Waals surface area contributed by atoms with Gasteiger partial charge in [0.1, 0.15) is 5.82 Å². The SMILES string of the molecule is CCC(c1ccc(F)cc1)n1cnc2cnccc2c1=O. The number of halogens is 1. The maximum absolute atomic E-state index is 13.1. The van der Waals surface area contributed by atoms with Crippen LogP contribution in [0.25, 0.3) is 10.9 Å². The molecule has 0 amide bonds. The van der Waals surface area contributed by atoms with Gasteiger partial charge < -0.3 is 0 Å². The molecule has 0 saturated heterocycles. The molecule has 106 valence electrons. The van der Waals surface area contributed by atoms with Crippen molar-refractivity contribution in [2.45, 2.75) is 19.4 Å². The molecule has 2 heterocycles. The molecule has 1 unspecified atom stereocenters. The highest BCUT2D eigenvalue weighted by atomic mass is 19.1. The maximum Gasteiger partial charge on any atom is 0.261 e. The average molecular weight is 283 g/mol. The van der Waals surface area contributed by atoms with Gasteiger partial charge >= 0.3 is 0 Å². The number of benzene rings is 1. The number of hydrogen-bond acceptors (Lipinski definition) is 3. The molecule has 1 aromatic carbocycles. The summed E-state index contributed by atoms with van der Waals surface area (Å²) in [6.45, 7) is 1.98. The number of nitrogens with zero attached hydrogens (tertiary/aromatic N) is 3. The molecular weight excluding hydrogens is 269 g/mol. The molecule has 3 rings (SSSR count). The van der Waals surface area contributed by atoms with E-state index in [9.17, 15) is 9.18 Å². The number of fused-ring (bicyclic) bond motifs is 1. The second kappa shape index (κ2) is 5.44. The Bertz CT molecular complexity index is 827. The first kappa shape index (κ1) is 13.4. The summed E-state index contributed by atoms with van der Waals surface area (Å²) in [7, 11) is 0. The highest BCUT2D eigenvalue weighted by Crippen LogP contribution is 2.21. The lowest BCUT2D eigenvalue weighted by Gasteiger charge is -2.18. The van der Waals surface area contributed by atoms with E-state index in [2.05, 4.69) is 9.97 Å². The molecule has 0 spiro atoms. The van der Waals surface area contributed by atoms with Crippen LogP contribution in [0.1, 0.15) is 24.9 Å². The molecule has 21 heavy (non-hydrogen) atoms. The van der Waals surface area contributed by atoms with E-state index in [4.69, 9.17) is 0 Å². The van der Waals surface area contributed by atoms with Gasteiger partial charge in [0.2, 0.25) is 0 Å². The van der Waals surface area contributed by atoms with Crippen molar-refractivity contribution >= 4 is 10.9 Å². The molecule has 0 radical (unpaired) electrons. The van der Waals surface area contributed by atoms with Crippen molar-refractivity contribution in [3.8, 4) is 0 Å². The summed E-state index contributed by atoms with van der Waals surface area (Å²) in [5.41, 5.74) is 1.35. The fourth-order valence-electron chi connectivity index (χ4n) is 2.49. The van der Waals surface area contributed by atoms with Crippen LogP contribution in [0.15, 0.2) is 53.8 Å². The van der Waals surface area contributed by atoms with Crippen molar-refractivity contribution in [1.82, 2.24) is 14.5 Å². The first-order valence-electron chi connectivity index (χ1n) is 6.77. The van der Waals surface area contributed by atoms with E-state index in [0.717, 1.165) is 5.56 Å². The molecule has 1 atom stereocenters. The Hall–Kier alpha value is -2.56. The lowest BCUT2D eigenvalue weighted by Crippen LogP contribution is -2.25. The fraction of sp³-hybridized carbons (Fsp3) is 0.188. The Morgan fingerprint density at radius 3 is 2.71 bits per heavy atom. The summed E-state index contributed by atoms with van der Waals surface area (Å²) in [4.78, 5) is 20.8. The van der Waals surface area contributed by atoms with Crippen molar-refractivity contribution in [1.29, 1.82) is 0 Å². The molecule has 2 aromatic heterocycles. The molecule has 3 aromatic rings. The molecule has 0 saturated carbocycles. The summed E-state index contributed by atoms with van der Waals surface area (Å²) in [5.74, 6) is -0.288. The van der Waals surface area contributed by atoms with Crippen molar-refractivity contribution in [3.63, 3.8) is 0 Å². The van der Waals surface area contributed by atoms with E-state index >= 15 is 0 Å². The van der Waals surface area contributed by atoms with Crippen LogP contribution in [-0.4, -0.2) is 14.5 Å². The van der Waals surface area contributed by atoms with Gasteiger partial charge in [0.25, 0.3) is 5.56 Å². The van der Waals surface area contributed by atoms with Crippen LogP contribution < -0.4 is 5.56 Å². The van der Waals surface area contributed by atoms with E-state index in [0.29, 0.717) is 17.3 Å². The van der Waals surface area contributed by atoms with Gasteiger partial charge in [-0.2, -0.15) is 0 Å². The van der Waals surface area contributed by atoms with Crippen molar-refractivity contribution in [2.75, 3.05) is 0 Å². The highest BCUT2D eigenvalue weighted by Gasteiger charge is 2.15. The Balaban J connectivity index is 2.15. The van der Waals surface area contributed by atoms with Gasteiger partial charge in [0, 0.05) is 6.20 Å². The van der Waals surface area contributed by atoms with Crippen molar-refractivity contribution in [3.05, 3.63) is 70.8 Å². The third-order valence-corrected chi connectivity index (χ3v) is 3.56. The monoisotopic (exact) mass is 283 g/mol. The minimum Gasteiger partial charge on any atom is -0.291 e. The van der Waals surface area contributed by atoms with Gasteiger partial charge in [-0.05, 0) is 30.2 Å². The number of rotatable bonds is 3. The standard InChI is InChI=1S/C16H14FN3O/c1-2-15(11-3-5-12(17)6-4-11)20-10-19-14-9-18-8-7-13(14)16(20)21/h3-10,15H,2H2,1H3. The molecule has 5 heteroatoms. The van der Waals surface area contributed by atoms with Gasteiger partial charge in [0.05, 0.1) is 29.5 Å². The summed E-state index contributed by atoms with van der Waals surface area (Å²) >= 11 is 0. The van der Waals surface area contributed by atoms with Crippen LogP contribution in [0.5, 0.6) is 0 Å². The van der Waals surface area contributed by atoms with Gasteiger partial charge in [-0.1, -0.05) is 19.1 Å². The largest absolute Gasteiger partial charge is 0.291 e. The molecule has 0 aliphatic rings. The Morgan fingerprint density at radius 2 is 2.00 bits per heavy atom. The lowest BCUT2D eigenvalue weighted by molar-refractivity contribution is 0.542. The zero-order valence-corrected chi connectivity index (χ0v) is 11.5. The minimum atomic E-state index is -0.288.